The van der Waals surface area contributed by atoms with Gasteiger partial charge in [-0.2, -0.15) is 0 Å². The molecule has 2 atom stereocenters. The second kappa shape index (κ2) is 6.68. The largest absolute Gasteiger partial charge is 0.419 e. The molecule has 0 spiro atoms. The monoisotopic (exact) mass is 351 g/mol. The van der Waals surface area contributed by atoms with Crippen LogP contribution in [-0.2, 0) is 11.3 Å². The average molecular weight is 352 g/mol. The number of hydrogen-bond donors (Lipinski definition) is 1. The maximum absolute atomic E-state index is 5.70. The Kier molecular flexibility index (Phi) is 4.67. The predicted molar refractivity (Wildman–Crippen MR) is 82.7 cm³/mol. The first-order chi connectivity index (χ1) is 10.2. The van der Waals surface area contributed by atoms with Gasteiger partial charge >= 0.3 is 0 Å². The second-order valence-electron chi connectivity index (χ2n) is 5.24. The molecule has 112 valence electrons. The summed E-state index contributed by atoms with van der Waals surface area (Å²) in [5.74, 6) is 1.71. The van der Waals surface area contributed by atoms with E-state index >= 15 is 0 Å². The van der Waals surface area contributed by atoms with Gasteiger partial charge in [0.15, 0.2) is 0 Å². The van der Waals surface area contributed by atoms with Crippen LogP contribution in [0.15, 0.2) is 33.2 Å². The van der Waals surface area contributed by atoms with Gasteiger partial charge in [0.1, 0.15) is 0 Å². The van der Waals surface area contributed by atoms with Crippen molar-refractivity contribution in [1.82, 2.24) is 15.5 Å². The highest BCUT2D eigenvalue weighted by Crippen LogP contribution is 2.26. The van der Waals surface area contributed by atoms with Gasteiger partial charge in [-0.15, -0.1) is 10.2 Å². The average Bonchev–Trinajstić information content (AvgIpc) is 3.10. The molecular weight excluding hydrogens is 334 g/mol. The normalized spacial score (nSPS) is 21.8. The van der Waals surface area contributed by atoms with E-state index in [0.29, 0.717) is 30.3 Å². The lowest BCUT2D eigenvalue weighted by molar-refractivity contribution is 0.105. The van der Waals surface area contributed by atoms with E-state index in [4.69, 9.17) is 9.15 Å². The van der Waals surface area contributed by atoms with Crippen LogP contribution in [0, 0.1) is 5.92 Å². The first kappa shape index (κ1) is 14.7. The summed E-state index contributed by atoms with van der Waals surface area (Å²) in [7, 11) is 0. The number of ether oxygens (including phenoxy) is 1. The van der Waals surface area contributed by atoms with Crippen LogP contribution < -0.4 is 5.32 Å². The number of nitrogens with zero attached hydrogens (tertiary/aromatic N) is 2. The van der Waals surface area contributed by atoms with E-state index in [2.05, 4.69) is 38.4 Å². The van der Waals surface area contributed by atoms with Crippen LogP contribution in [0.1, 0.15) is 19.2 Å². The Labute approximate surface area is 132 Å². The molecule has 0 saturated carbocycles. The topological polar surface area (TPSA) is 60.2 Å². The fraction of sp³-hybridized carbons (Fsp3) is 0.467. The minimum Gasteiger partial charge on any atom is -0.419 e. The number of hydrogen-bond acceptors (Lipinski definition) is 5. The van der Waals surface area contributed by atoms with Crippen molar-refractivity contribution in [1.29, 1.82) is 0 Å². The second-order valence-corrected chi connectivity index (χ2v) is 6.09. The summed E-state index contributed by atoms with van der Waals surface area (Å²) in [6, 6.07) is 7.81. The Hall–Kier alpha value is -1.24. The van der Waals surface area contributed by atoms with E-state index in [9.17, 15) is 0 Å². The molecule has 21 heavy (non-hydrogen) atoms. The Balaban J connectivity index is 1.57. The molecule has 2 aromatic rings. The van der Waals surface area contributed by atoms with Gasteiger partial charge in [-0.25, -0.2) is 0 Å². The van der Waals surface area contributed by atoms with Gasteiger partial charge in [-0.05, 0) is 47.3 Å². The molecule has 1 aliphatic heterocycles. The Morgan fingerprint density at radius 1 is 1.33 bits per heavy atom. The molecule has 2 heterocycles. The molecule has 0 bridgehead atoms. The molecule has 3 rings (SSSR count). The maximum atomic E-state index is 5.70. The van der Waals surface area contributed by atoms with Gasteiger partial charge in [0.2, 0.25) is 11.8 Å². The van der Waals surface area contributed by atoms with Crippen molar-refractivity contribution in [2.45, 2.75) is 26.0 Å². The van der Waals surface area contributed by atoms with Gasteiger partial charge in [0.05, 0.1) is 18.2 Å². The highest BCUT2D eigenvalue weighted by Gasteiger charge is 2.23. The molecule has 0 amide bonds. The molecule has 1 fully saturated rings. The quantitative estimate of drug-likeness (QED) is 0.896. The summed E-state index contributed by atoms with van der Waals surface area (Å²) in [6.45, 7) is 4.48. The lowest BCUT2D eigenvalue weighted by Crippen LogP contribution is -2.26. The molecular formula is C15H18BrN3O2. The number of halogens is 1. The number of rotatable bonds is 5. The minimum atomic E-state index is 0.330. The summed E-state index contributed by atoms with van der Waals surface area (Å²) in [5, 5.41) is 11.6. The van der Waals surface area contributed by atoms with Crippen molar-refractivity contribution in [2.75, 3.05) is 13.2 Å². The molecule has 0 radical (unpaired) electrons. The molecule has 5 nitrogen and oxygen atoms in total. The third kappa shape index (κ3) is 3.51. The van der Waals surface area contributed by atoms with Crippen molar-refractivity contribution < 1.29 is 9.15 Å². The molecule has 0 aliphatic carbocycles. The molecule has 1 aromatic heterocycles. The summed E-state index contributed by atoms with van der Waals surface area (Å²) in [4.78, 5) is 0. The van der Waals surface area contributed by atoms with Crippen LogP contribution in [0.25, 0.3) is 11.5 Å². The first-order valence-corrected chi connectivity index (χ1v) is 7.93. The van der Waals surface area contributed by atoms with E-state index in [-0.39, 0.29) is 0 Å². The lowest BCUT2D eigenvalue weighted by Gasteiger charge is -2.13. The zero-order chi connectivity index (χ0) is 14.7. The molecule has 6 heteroatoms. The van der Waals surface area contributed by atoms with Gasteiger partial charge in [0.25, 0.3) is 0 Å². The smallest absolute Gasteiger partial charge is 0.248 e. The fourth-order valence-electron chi connectivity index (χ4n) is 2.48. The van der Waals surface area contributed by atoms with Crippen LogP contribution in [-0.4, -0.2) is 29.5 Å². The predicted octanol–water partition coefficient (Wildman–Crippen LogP) is 3.01. The zero-order valence-electron chi connectivity index (χ0n) is 11.9. The van der Waals surface area contributed by atoms with Crippen LogP contribution in [0.2, 0.25) is 0 Å². The summed E-state index contributed by atoms with van der Waals surface area (Å²) >= 11 is 3.49. The van der Waals surface area contributed by atoms with E-state index in [0.717, 1.165) is 29.6 Å². The SMILES string of the molecule is CC1OCCC1CNCc1nnc(-c2ccccc2Br)o1. The van der Waals surface area contributed by atoms with Gasteiger partial charge in [0, 0.05) is 17.6 Å². The lowest BCUT2D eigenvalue weighted by atomic mass is 10.0. The van der Waals surface area contributed by atoms with E-state index in [1.165, 1.54) is 0 Å². The standard InChI is InChI=1S/C15H18BrN3O2/c1-10-11(6-7-20-10)8-17-9-14-18-19-15(21-14)12-4-2-3-5-13(12)16/h2-5,10-11,17H,6-9H2,1H3. The van der Waals surface area contributed by atoms with Crippen LogP contribution in [0.4, 0.5) is 0 Å². The molecule has 1 aromatic carbocycles. The highest BCUT2D eigenvalue weighted by molar-refractivity contribution is 9.10. The number of benzene rings is 1. The van der Waals surface area contributed by atoms with Crippen molar-refractivity contribution in [2.24, 2.45) is 5.92 Å². The summed E-state index contributed by atoms with van der Waals surface area (Å²) in [6.07, 6.45) is 1.44. The molecule has 2 unspecified atom stereocenters. The Morgan fingerprint density at radius 3 is 2.95 bits per heavy atom. The number of nitrogens with one attached hydrogen (secondary N) is 1. The molecule has 1 saturated heterocycles. The maximum Gasteiger partial charge on any atom is 0.248 e. The first-order valence-electron chi connectivity index (χ1n) is 7.13. The van der Waals surface area contributed by atoms with E-state index in [1.54, 1.807) is 0 Å². The Bertz CT molecular complexity index is 602. The van der Waals surface area contributed by atoms with Crippen molar-refractivity contribution >= 4 is 15.9 Å². The highest BCUT2D eigenvalue weighted by atomic mass is 79.9. The minimum absolute atomic E-state index is 0.330. The third-order valence-corrected chi connectivity index (χ3v) is 4.48. The van der Waals surface area contributed by atoms with Crippen molar-refractivity contribution in [3.05, 3.63) is 34.6 Å². The summed E-state index contributed by atoms with van der Waals surface area (Å²) < 4.78 is 12.2. The molecule has 1 aliphatic rings. The van der Waals surface area contributed by atoms with E-state index < -0.39 is 0 Å². The summed E-state index contributed by atoms with van der Waals surface area (Å²) in [5.41, 5.74) is 0.911. The third-order valence-electron chi connectivity index (χ3n) is 3.79. The van der Waals surface area contributed by atoms with Gasteiger partial charge in [-0.1, -0.05) is 12.1 Å². The van der Waals surface area contributed by atoms with Crippen LogP contribution in [0.5, 0.6) is 0 Å². The van der Waals surface area contributed by atoms with Crippen LogP contribution in [0.3, 0.4) is 0 Å². The van der Waals surface area contributed by atoms with Gasteiger partial charge in [-0.3, -0.25) is 0 Å². The van der Waals surface area contributed by atoms with Crippen molar-refractivity contribution in [3.63, 3.8) is 0 Å². The Morgan fingerprint density at radius 2 is 2.19 bits per heavy atom. The van der Waals surface area contributed by atoms with Gasteiger partial charge < -0.3 is 14.5 Å². The van der Waals surface area contributed by atoms with Crippen LogP contribution >= 0.6 is 15.9 Å². The zero-order valence-corrected chi connectivity index (χ0v) is 13.5. The van der Waals surface area contributed by atoms with Crippen molar-refractivity contribution in [3.8, 4) is 11.5 Å². The van der Waals surface area contributed by atoms with E-state index in [1.807, 2.05) is 24.3 Å². The molecule has 1 N–H and O–H groups in total. The fourth-order valence-corrected chi connectivity index (χ4v) is 2.93. The number of aromatic nitrogens is 2.